The van der Waals surface area contributed by atoms with Gasteiger partial charge < -0.3 is 50.9 Å². The average Bonchev–Trinajstić information content (AvgIpc) is 3.79. The number of rotatable bonds is 33. The van der Waals surface area contributed by atoms with E-state index in [4.69, 9.17) is 19.5 Å². The molecule has 8 unspecified atom stereocenters. The van der Waals surface area contributed by atoms with Crippen LogP contribution in [0.4, 0.5) is 5.82 Å². The van der Waals surface area contributed by atoms with Crippen LogP contribution in [-0.4, -0.2) is 123 Å². The van der Waals surface area contributed by atoms with Crippen LogP contribution in [0.3, 0.4) is 0 Å². The molecule has 0 aliphatic carbocycles. The van der Waals surface area contributed by atoms with Crippen molar-refractivity contribution in [1.29, 1.82) is 0 Å². The normalized spacial score (nSPS) is 20.7. The van der Waals surface area contributed by atoms with E-state index in [9.17, 15) is 57.9 Å². The van der Waals surface area contributed by atoms with Gasteiger partial charge in [0, 0.05) is 37.1 Å². The maximum Gasteiger partial charge on any atom is 0.481 e. The largest absolute Gasteiger partial charge is 0.481 e. The molecule has 0 bridgehead atoms. The first-order chi connectivity index (χ1) is 30.9. The fourth-order valence-electron chi connectivity index (χ4n) is 6.90. The van der Waals surface area contributed by atoms with Gasteiger partial charge in [-0.15, -0.1) is 0 Å². The number of imidazole rings is 1. The van der Waals surface area contributed by atoms with E-state index in [2.05, 4.69) is 48.3 Å². The van der Waals surface area contributed by atoms with E-state index in [1.807, 2.05) is 0 Å². The molecule has 2 amide bonds. The highest BCUT2D eigenvalue weighted by molar-refractivity contribution is 8.13. The van der Waals surface area contributed by atoms with Crippen LogP contribution in [0.15, 0.2) is 12.7 Å². The summed E-state index contributed by atoms with van der Waals surface area (Å²) < 4.78 is 62.4. The molecule has 0 aromatic carbocycles. The van der Waals surface area contributed by atoms with Crippen molar-refractivity contribution in [3.05, 3.63) is 12.7 Å². The third-order valence-electron chi connectivity index (χ3n) is 10.6. The van der Waals surface area contributed by atoms with Gasteiger partial charge in [-0.1, -0.05) is 117 Å². The van der Waals surface area contributed by atoms with Crippen LogP contribution in [0, 0.1) is 11.3 Å². The number of ether oxygens (including phenoxy) is 1. The summed E-state index contributed by atoms with van der Waals surface area (Å²) >= 11 is 1.16. The highest BCUT2D eigenvalue weighted by atomic mass is 32.2. The number of unbranched alkanes of at least 4 members (excludes halogenated alkanes) is 10. The molecular formula is C38H68N7O17P3S. The second kappa shape index (κ2) is 27.7. The summed E-state index contributed by atoms with van der Waals surface area (Å²) in [5.41, 5.74) is 4.29. The average molecular weight is 1020 g/mol. The fourth-order valence-corrected chi connectivity index (χ4v) is 10.6. The number of nitrogens with zero attached hydrogens (tertiary/aromatic N) is 4. The molecule has 2 aromatic heterocycles. The first-order valence-corrected chi connectivity index (χ1v) is 27.5. The number of hydrogen-bond acceptors (Lipinski definition) is 18. The molecule has 2 aromatic rings. The Kier molecular flexibility index (Phi) is 24.3. The van der Waals surface area contributed by atoms with Crippen molar-refractivity contribution in [2.75, 3.05) is 37.8 Å². The van der Waals surface area contributed by atoms with Crippen LogP contribution in [0.1, 0.15) is 124 Å². The van der Waals surface area contributed by atoms with E-state index in [0.717, 1.165) is 41.8 Å². The first-order valence-electron chi connectivity index (χ1n) is 22.0. The van der Waals surface area contributed by atoms with Gasteiger partial charge in [-0.25, -0.2) is 28.6 Å². The van der Waals surface area contributed by atoms with Crippen molar-refractivity contribution < 1.29 is 80.5 Å². The molecule has 1 aliphatic heterocycles. The topological polar surface area (TPSA) is 364 Å². The molecule has 1 aliphatic rings. The zero-order valence-electron chi connectivity index (χ0n) is 37.8. The highest BCUT2D eigenvalue weighted by Gasteiger charge is 2.50. The molecule has 24 nitrogen and oxygen atoms in total. The number of aromatic nitrogens is 4. The predicted molar refractivity (Wildman–Crippen MR) is 242 cm³/mol. The number of anilines is 1. The molecule has 10 N–H and O–H groups in total. The van der Waals surface area contributed by atoms with Crippen LogP contribution in [0.5, 0.6) is 0 Å². The predicted octanol–water partition coefficient (Wildman–Crippen LogP) is 4.39. The molecule has 0 spiro atoms. The third-order valence-corrected chi connectivity index (χ3v) is 14.6. The maximum atomic E-state index is 12.7. The fraction of sp³-hybridized carbons (Fsp3) is 0.789. The van der Waals surface area contributed by atoms with Crippen molar-refractivity contribution in [1.82, 2.24) is 30.2 Å². The SMILES string of the molecule is CCCCCCCCCCCCCC(C)CC(=O)SCCNC(=O)CCNC(=O)C(O)C(C)(C)COP(=O)(O)OP(=O)(O)OCC1OC(n2cnc3c(N)ncnc32)C(O)C1OP(=O)(O)O. The smallest absolute Gasteiger partial charge is 0.386 e. The number of nitrogen functional groups attached to an aromatic ring is 1. The van der Waals surface area contributed by atoms with Gasteiger partial charge in [-0.3, -0.25) is 32.5 Å². The van der Waals surface area contributed by atoms with Crippen molar-refractivity contribution in [3.63, 3.8) is 0 Å². The molecule has 1 saturated heterocycles. The number of hydrogen-bond donors (Lipinski definition) is 9. The van der Waals surface area contributed by atoms with Crippen LogP contribution in [0.25, 0.3) is 11.2 Å². The minimum Gasteiger partial charge on any atom is -0.386 e. The van der Waals surface area contributed by atoms with Gasteiger partial charge in [-0.2, -0.15) is 4.31 Å². The van der Waals surface area contributed by atoms with Gasteiger partial charge >= 0.3 is 23.5 Å². The second-order valence-corrected chi connectivity index (χ2v) is 22.3. The summed E-state index contributed by atoms with van der Waals surface area (Å²) in [6.45, 7) is 4.88. The Morgan fingerprint density at radius 1 is 0.924 bits per heavy atom. The van der Waals surface area contributed by atoms with Crippen LogP contribution in [-0.2, 0) is 50.7 Å². The molecular weight excluding hydrogens is 951 g/mol. The number of carbonyl (C=O) groups is 3. The Morgan fingerprint density at radius 2 is 1.55 bits per heavy atom. The minimum atomic E-state index is -5.57. The summed E-state index contributed by atoms with van der Waals surface area (Å²) in [5.74, 6) is -0.739. The van der Waals surface area contributed by atoms with Crippen LogP contribution < -0.4 is 16.4 Å². The monoisotopic (exact) mass is 1020 g/mol. The van der Waals surface area contributed by atoms with Crippen molar-refractivity contribution >= 4 is 69.1 Å². The van der Waals surface area contributed by atoms with Crippen molar-refractivity contribution in [2.45, 2.75) is 148 Å². The standard InChI is InChI=1S/C38H68N7O17P3S/c1-5-6-7-8-9-10-11-12-13-14-15-16-26(2)21-29(47)66-20-19-40-28(46)17-18-41-36(50)33(49)38(3,4)23-59-65(56,57)62-64(54,55)58-22-27-32(61-63(51,52)53)31(48)37(60-27)45-25-44-30-34(39)42-24-43-35(30)45/h24-27,31-33,37,48-49H,5-23H2,1-4H3,(H,40,46)(H,41,50)(H,54,55)(H,56,57)(H2,39,42,43)(H2,51,52,53). The van der Waals surface area contributed by atoms with E-state index in [1.54, 1.807) is 0 Å². The van der Waals surface area contributed by atoms with E-state index in [-0.39, 0.29) is 47.5 Å². The van der Waals surface area contributed by atoms with Gasteiger partial charge in [-0.05, 0) is 5.92 Å². The highest BCUT2D eigenvalue weighted by Crippen LogP contribution is 2.61. The number of nitrogens with two attached hydrogens (primary N) is 1. The van der Waals surface area contributed by atoms with Crippen LogP contribution >= 0.6 is 35.2 Å². The number of fused-ring (bicyclic) bond motifs is 1. The zero-order valence-corrected chi connectivity index (χ0v) is 41.3. The number of phosphoric ester groups is 3. The van der Waals surface area contributed by atoms with Crippen LogP contribution in [0.2, 0.25) is 0 Å². The summed E-state index contributed by atoms with van der Waals surface area (Å²) in [6, 6.07) is 0. The van der Waals surface area contributed by atoms with Gasteiger partial charge in [0.1, 0.15) is 36.3 Å². The molecule has 8 atom stereocenters. The number of thioether (sulfide) groups is 1. The number of amides is 2. The lowest BCUT2D eigenvalue weighted by Crippen LogP contribution is -2.46. The van der Waals surface area contributed by atoms with E-state index >= 15 is 0 Å². The van der Waals surface area contributed by atoms with Crippen molar-refractivity contribution in [3.8, 4) is 0 Å². The Labute approximate surface area is 388 Å². The number of carbonyl (C=O) groups excluding carboxylic acids is 3. The Balaban J connectivity index is 1.33. The second-order valence-electron chi connectivity index (χ2n) is 16.9. The van der Waals surface area contributed by atoms with E-state index < -0.39 is 84.6 Å². The quantitative estimate of drug-likeness (QED) is 0.0353. The molecule has 1 fully saturated rings. The maximum absolute atomic E-state index is 12.7. The zero-order chi connectivity index (χ0) is 49.1. The van der Waals surface area contributed by atoms with Gasteiger partial charge in [0.2, 0.25) is 11.8 Å². The van der Waals surface area contributed by atoms with Gasteiger partial charge in [0.15, 0.2) is 22.8 Å². The third kappa shape index (κ3) is 20.7. The first kappa shape index (κ1) is 57.9. The number of aliphatic hydroxyl groups excluding tert-OH is 2. The molecule has 0 saturated carbocycles. The lowest BCUT2D eigenvalue weighted by molar-refractivity contribution is -0.137. The molecule has 3 rings (SSSR count). The molecule has 3 heterocycles. The molecule has 0 radical (unpaired) electrons. The minimum absolute atomic E-state index is 0.0336. The van der Waals surface area contributed by atoms with E-state index in [0.29, 0.717) is 12.2 Å². The summed E-state index contributed by atoms with van der Waals surface area (Å²) in [4.78, 5) is 88.6. The number of phosphoric acid groups is 3. The molecule has 378 valence electrons. The number of aliphatic hydroxyl groups is 2. The molecule has 28 heteroatoms. The summed E-state index contributed by atoms with van der Waals surface area (Å²) in [5, 5.41) is 26.7. The molecule has 66 heavy (non-hydrogen) atoms. The Morgan fingerprint density at radius 3 is 2.18 bits per heavy atom. The Bertz CT molecular complexity index is 2000. The van der Waals surface area contributed by atoms with Gasteiger partial charge in [0.05, 0.1) is 19.5 Å². The summed E-state index contributed by atoms with van der Waals surface area (Å²) in [6.07, 6.45) is 8.60. The Hall–Kier alpha value is -2.44. The lowest BCUT2D eigenvalue weighted by atomic mass is 9.87. The summed E-state index contributed by atoms with van der Waals surface area (Å²) in [7, 11) is -16.4. The lowest BCUT2D eigenvalue weighted by Gasteiger charge is -2.30. The number of nitrogens with one attached hydrogen (secondary N) is 2. The van der Waals surface area contributed by atoms with Gasteiger partial charge in [0.25, 0.3) is 0 Å². The van der Waals surface area contributed by atoms with Crippen molar-refractivity contribution in [2.24, 2.45) is 11.3 Å². The van der Waals surface area contributed by atoms with E-state index in [1.165, 1.54) is 78.1 Å².